The van der Waals surface area contributed by atoms with Gasteiger partial charge in [0.15, 0.2) is 9.84 Å². The van der Waals surface area contributed by atoms with Gasteiger partial charge in [0.2, 0.25) is 5.91 Å². The van der Waals surface area contributed by atoms with Crippen LogP contribution in [0, 0.1) is 5.92 Å². The van der Waals surface area contributed by atoms with Gasteiger partial charge in [-0.15, -0.1) is 0 Å². The summed E-state index contributed by atoms with van der Waals surface area (Å²) in [5.41, 5.74) is 0. The van der Waals surface area contributed by atoms with Gasteiger partial charge in [-0.1, -0.05) is 37.5 Å². The molecule has 2 rings (SSSR count). The first-order chi connectivity index (χ1) is 11.0. The van der Waals surface area contributed by atoms with Crippen LogP contribution in [-0.2, 0) is 14.6 Å². The molecule has 0 aromatic heterocycles. The minimum absolute atomic E-state index is 0.0887. The van der Waals surface area contributed by atoms with Crippen molar-refractivity contribution in [3.63, 3.8) is 0 Å². The third-order valence-corrected chi connectivity index (χ3v) is 6.13. The Labute approximate surface area is 138 Å². The van der Waals surface area contributed by atoms with Crippen molar-refractivity contribution in [1.29, 1.82) is 0 Å². The van der Waals surface area contributed by atoms with Gasteiger partial charge >= 0.3 is 0 Å². The van der Waals surface area contributed by atoms with E-state index in [1.807, 2.05) is 0 Å². The summed E-state index contributed by atoms with van der Waals surface area (Å²) in [6.07, 6.45) is 4.85. The number of amides is 1. The summed E-state index contributed by atoms with van der Waals surface area (Å²) in [4.78, 5) is 12.1. The lowest BCUT2D eigenvalue weighted by atomic mass is 9.85. The summed E-state index contributed by atoms with van der Waals surface area (Å²) in [7, 11) is -3.44. The van der Waals surface area contributed by atoms with E-state index in [-0.39, 0.29) is 35.4 Å². The van der Waals surface area contributed by atoms with Crippen LogP contribution < -0.4 is 5.32 Å². The zero-order valence-electron chi connectivity index (χ0n) is 13.3. The molecule has 128 valence electrons. The summed E-state index contributed by atoms with van der Waals surface area (Å²) in [5, 5.41) is 12.7. The lowest BCUT2D eigenvalue weighted by Gasteiger charge is -2.26. The molecule has 1 aromatic carbocycles. The van der Waals surface area contributed by atoms with E-state index in [4.69, 9.17) is 0 Å². The van der Waals surface area contributed by atoms with Gasteiger partial charge in [-0.3, -0.25) is 4.79 Å². The molecule has 1 aliphatic carbocycles. The number of carbonyl (C=O) groups excluding carboxylic acids is 1. The summed E-state index contributed by atoms with van der Waals surface area (Å²) < 4.78 is 24.2. The van der Waals surface area contributed by atoms with E-state index in [0.717, 1.165) is 25.7 Å². The molecular weight excluding hydrogens is 314 g/mol. The minimum Gasteiger partial charge on any atom is -0.391 e. The molecule has 1 fully saturated rings. The van der Waals surface area contributed by atoms with Gasteiger partial charge in [0.1, 0.15) is 0 Å². The van der Waals surface area contributed by atoms with Gasteiger partial charge in [-0.05, 0) is 30.9 Å². The fourth-order valence-electron chi connectivity index (χ4n) is 2.97. The molecule has 0 saturated heterocycles. The Morgan fingerprint density at radius 2 is 1.83 bits per heavy atom. The SMILES string of the molecule is O=C(CCS(=O)(=O)c1ccccc1)NC[C@H](O)C1CCCCC1. The molecule has 23 heavy (non-hydrogen) atoms. The number of nitrogens with one attached hydrogen (secondary N) is 1. The summed E-state index contributed by atoms with van der Waals surface area (Å²) in [6, 6.07) is 8.12. The Hall–Kier alpha value is -1.40. The highest BCUT2D eigenvalue weighted by Crippen LogP contribution is 2.26. The first-order valence-corrected chi connectivity index (χ1v) is 9.87. The summed E-state index contributed by atoms with van der Waals surface area (Å²) in [5.74, 6) is -0.306. The maximum absolute atomic E-state index is 12.1. The van der Waals surface area contributed by atoms with E-state index >= 15 is 0 Å². The topological polar surface area (TPSA) is 83.5 Å². The molecule has 5 nitrogen and oxygen atoms in total. The van der Waals surface area contributed by atoms with Gasteiger partial charge in [-0.2, -0.15) is 0 Å². The summed E-state index contributed by atoms with van der Waals surface area (Å²) >= 11 is 0. The molecule has 1 aliphatic rings. The largest absolute Gasteiger partial charge is 0.391 e. The lowest BCUT2D eigenvalue weighted by molar-refractivity contribution is -0.121. The molecule has 1 aromatic rings. The molecular formula is C17H25NO4S. The molecule has 0 heterocycles. The smallest absolute Gasteiger partial charge is 0.221 e. The van der Waals surface area contributed by atoms with Crippen LogP contribution in [0.1, 0.15) is 38.5 Å². The van der Waals surface area contributed by atoms with Crippen molar-refractivity contribution in [2.75, 3.05) is 12.3 Å². The maximum Gasteiger partial charge on any atom is 0.221 e. The molecule has 1 atom stereocenters. The van der Waals surface area contributed by atoms with Crippen molar-refractivity contribution >= 4 is 15.7 Å². The number of hydrogen-bond acceptors (Lipinski definition) is 4. The Balaban J connectivity index is 1.74. The second kappa shape index (κ2) is 8.45. The van der Waals surface area contributed by atoms with E-state index in [9.17, 15) is 18.3 Å². The Bertz CT molecular complexity index is 594. The van der Waals surface area contributed by atoms with Crippen LogP contribution >= 0.6 is 0 Å². The van der Waals surface area contributed by atoms with Gasteiger partial charge in [-0.25, -0.2) is 8.42 Å². The highest BCUT2D eigenvalue weighted by molar-refractivity contribution is 7.91. The maximum atomic E-state index is 12.1. The second-order valence-corrected chi connectivity index (χ2v) is 8.26. The third kappa shape index (κ3) is 5.62. The van der Waals surface area contributed by atoms with E-state index in [2.05, 4.69) is 5.32 Å². The van der Waals surface area contributed by atoms with Crippen LogP contribution in [0.5, 0.6) is 0 Å². The molecule has 0 bridgehead atoms. The first-order valence-electron chi connectivity index (χ1n) is 8.21. The van der Waals surface area contributed by atoms with Crippen molar-refractivity contribution in [1.82, 2.24) is 5.32 Å². The Morgan fingerprint density at radius 3 is 2.48 bits per heavy atom. The fraction of sp³-hybridized carbons (Fsp3) is 0.588. The molecule has 1 amide bonds. The van der Waals surface area contributed by atoms with Gasteiger partial charge in [0.25, 0.3) is 0 Å². The number of hydrogen-bond donors (Lipinski definition) is 2. The van der Waals surface area contributed by atoms with E-state index in [1.165, 1.54) is 18.6 Å². The van der Waals surface area contributed by atoms with Gasteiger partial charge in [0, 0.05) is 13.0 Å². The van der Waals surface area contributed by atoms with Crippen LogP contribution in [-0.4, -0.2) is 37.8 Å². The van der Waals surface area contributed by atoms with Crippen molar-refractivity contribution in [2.24, 2.45) is 5.92 Å². The Kier molecular flexibility index (Phi) is 6.59. The normalized spacial score (nSPS) is 17.6. The van der Waals surface area contributed by atoms with Crippen LogP contribution in [0.4, 0.5) is 0 Å². The van der Waals surface area contributed by atoms with Crippen LogP contribution in [0.2, 0.25) is 0 Å². The molecule has 1 saturated carbocycles. The number of carbonyl (C=O) groups is 1. The van der Waals surface area contributed by atoms with E-state index < -0.39 is 15.9 Å². The van der Waals surface area contributed by atoms with E-state index in [1.54, 1.807) is 18.2 Å². The van der Waals surface area contributed by atoms with Crippen molar-refractivity contribution in [3.05, 3.63) is 30.3 Å². The second-order valence-electron chi connectivity index (χ2n) is 6.15. The standard InChI is InChI=1S/C17H25NO4S/c19-16(14-7-3-1-4-8-14)13-18-17(20)11-12-23(21,22)15-9-5-2-6-10-15/h2,5-6,9-10,14,16,19H,1,3-4,7-8,11-13H2,(H,18,20)/t16-/m0/s1. The molecule has 0 aliphatic heterocycles. The molecule has 2 N–H and O–H groups in total. The summed E-state index contributed by atoms with van der Waals surface area (Å²) in [6.45, 7) is 0.203. The monoisotopic (exact) mass is 339 g/mol. The molecule has 0 radical (unpaired) electrons. The van der Waals surface area contributed by atoms with Crippen molar-refractivity contribution < 1.29 is 18.3 Å². The molecule has 0 spiro atoms. The average Bonchev–Trinajstić information content (AvgIpc) is 2.59. The number of aliphatic hydroxyl groups is 1. The molecule has 6 heteroatoms. The van der Waals surface area contributed by atoms with Crippen molar-refractivity contribution in [2.45, 2.75) is 49.5 Å². The predicted molar refractivity (Wildman–Crippen MR) is 88.7 cm³/mol. The highest BCUT2D eigenvalue weighted by atomic mass is 32.2. The fourth-order valence-corrected chi connectivity index (χ4v) is 4.23. The number of rotatable bonds is 7. The van der Waals surface area contributed by atoms with Crippen LogP contribution in [0.25, 0.3) is 0 Å². The Morgan fingerprint density at radius 1 is 1.17 bits per heavy atom. The zero-order valence-corrected chi connectivity index (χ0v) is 14.1. The van der Waals surface area contributed by atoms with Gasteiger partial charge in [0.05, 0.1) is 16.8 Å². The first kappa shape index (κ1) is 17.9. The van der Waals surface area contributed by atoms with E-state index in [0.29, 0.717) is 0 Å². The molecule has 0 unspecified atom stereocenters. The number of sulfone groups is 1. The highest BCUT2D eigenvalue weighted by Gasteiger charge is 2.22. The average molecular weight is 339 g/mol. The number of aliphatic hydroxyl groups excluding tert-OH is 1. The number of benzene rings is 1. The van der Waals surface area contributed by atoms with Crippen LogP contribution in [0.15, 0.2) is 35.2 Å². The van der Waals surface area contributed by atoms with Crippen molar-refractivity contribution in [3.8, 4) is 0 Å². The predicted octanol–water partition coefficient (Wildman–Crippen LogP) is 1.91. The third-order valence-electron chi connectivity index (χ3n) is 4.40. The zero-order chi connectivity index (χ0) is 16.7. The lowest BCUT2D eigenvalue weighted by Crippen LogP contribution is -2.37. The minimum atomic E-state index is -3.44. The van der Waals surface area contributed by atoms with Gasteiger partial charge < -0.3 is 10.4 Å². The van der Waals surface area contributed by atoms with Crippen LogP contribution in [0.3, 0.4) is 0 Å². The quantitative estimate of drug-likeness (QED) is 0.795.